The molecule has 0 radical (unpaired) electrons. The number of rotatable bonds is 2. The Kier molecular flexibility index (Phi) is 4.74. The third-order valence-electron chi connectivity index (χ3n) is 8.32. The summed E-state index contributed by atoms with van der Waals surface area (Å²) >= 11 is 3.78. The molecule has 2 heteroatoms. The van der Waals surface area contributed by atoms with Crippen LogP contribution in [-0.2, 0) is 0 Å². The van der Waals surface area contributed by atoms with Gasteiger partial charge in [0.1, 0.15) is 0 Å². The summed E-state index contributed by atoms with van der Waals surface area (Å²) in [6.07, 6.45) is 0. The molecule has 0 nitrogen and oxygen atoms in total. The molecule has 0 atom stereocenters. The number of benzene rings is 7. The van der Waals surface area contributed by atoms with Crippen molar-refractivity contribution >= 4 is 85.2 Å². The van der Waals surface area contributed by atoms with E-state index in [0.717, 1.165) is 0 Å². The summed E-state index contributed by atoms with van der Waals surface area (Å²) in [7, 11) is 0. The standard InChI is InChI=1S/C38H22S2/c1-2-12-25-23(10-1)11-9-18-26(25)34-27-13-3-5-15-29(27)35(30-16-6-4-14-28(30)34)32-22-24-20-21-39-37(24)36-31-17-7-8-19-33(31)40-38(32)36/h1-22H. The summed E-state index contributed by atoms with van der Waals surface area (Å²) in [5, 5.41) is 14.1. The van der Waals surface area contributed by atoms with Crippen LogP contribution in [-0.4, -0.2) is 0 Å². The molecule has 0 amide bonds. The van der Waals surface area contributed by atoms with Crippen molar-refractivity contribution in [2.75, 3.05) is 0 Å². The predicted octanol–water partition coefficient (Wildman–Crippen LogP) is 12.1. The molecule has 2 heterocycles. The van der Waals surface area contributed by atoms with Gasteiger partial charge in [0.05, 0.1) is 0 Å². The van der Waals surface area contributed by atoms with E-state index < -0.39 is 0 Å². The molecule has 0 saturated heterocycles. The van der Waals surface area contributed by atoms with Gasteiger partial charge in [-0.15, -0.1) is 22.7 Å². The van der Waals surface area contributed by atoms with Crippen molar-refractivity contribution in [1.82, 2.24) is 0 Å². The van der Waals surface area contributed by atoms with Gasteiger partial charge >= 0.3 is 0 Å². The van der Waals surface area contributed by atoms with E-state index in [0.29, 0.717) is 0 Å². The maximum absolute atomic E-state index is 2.44. The lowest BCUT2D eigenvalue weighted by molar-refractivity contribution is 1.70. The molecule has 2 aromatic heterocycles. The van der Waals surface area contributed by atoms with E-state index >= 15 is 0 Å². The first kappa shape index (κ1) is 22.3. The zero-order chi connectivity index (χ0) is 26.2. The lowest BCUT2D eigenvalue weighted by atomic mass is 9.84. The minimum Gasteiger partial charge on any atom is -0.143 e. The van der Waals surface area contributed by atoms with E-state index in [2.05, 4.69) is 133 Å². The van der Waals surface area contributed by atoms with Gasteiger partial charge in [-0.1, -0.05) is 109 Å². The molecule has 0 fully saturated rings. The Labute approximate surface area is 239 Å². The van der Waals surface area contributed by atoms with Crippen LogP contribution < -0.4 is 0 Å². The summed E-state index contributed by atoms with van der Waals surface area (Å²) in [6.45, 7) is 0. The van der Waals surface area contributed by atoms with E-state index in [-0.39, 0.29) is 0 Å². The summed E-state index contributed by atoms with van der Waals surface area (Å²) in [5.41, 5.74) is 5.27. The van der Waals surface area contributed by atoms with Gasteiger partial charge in [0.25, 0.3) is 0 Å². The topological polar surface area (TPSA) is 0 Å². The molecule has 7 aromatic carbocycles. The molecule has 0 aliphatic rings. The van der Waals surface area contributed by atoms with Gasteiger partial charge in [-0.3, -0.25) is 0 Å². The van der Waals surface area contributed by atoms with Gasteiger partial charge in [-0.05, 0) is 78.0 Å². The molecule has 9 aromatic rings. The Bertz CT molecular complexity index is 2370. The summed E-state index contributed by atoms with van der Waals surface area (Å²) < 4.78 is 4.11. The van der Waals surface area contributed by atoms with Crippen LogP contribution in [0.15, 0.2) is 133 Å². The third-order valence-corrected chi connectivity index (χ3v) is 10.5. The fourth-order valence-corrected chi connectivity index (χ4v) is 8.90. The summed E-state index contributed by atoms with van der Waals surface area (Å²) in [4.78, 5) is 0. The first-order valence-corrected chi connectivity index (χ1v) is 15.3. The highest BCUT2D eigenvalue weighted by molar-refractivity contribution is 7.27. The van der Waals surface area contributed by atoms with Crippen molar-refractivity contribution in [1.29, 1.82) is 0 Å². The molecule has 0 N–H and O–H groups in total. The Morgan fingerprint density at radius 1 is 0.400 bits per heavy atom. The third kappa shape index (κ3) is 3.06. The van der Waals surface area contributed by atoms with Crippen LogP contribution in [0.4, 0.5) is 0 Å². The maximum Gasteiger partial charge on any atom is 0.0448 e. The van der Waals surface area contributed by atoms with Gasteiger partial charge in [0, 0.05) is 30.4 Å². The van der Waals surface area contributed by atoms with Crippen molar-refractivity contribution in [3.63, 3.8) is 0 Å². The van der Waals surface area contributed by atoms with E-state index in [1.807, 2.05) is 22.7 Å². The van der Waals surface area contributed by atoms with E-state index in [9.17, 15) is 0 Å². The van der Waals surface area contributed by atoms with Crippen molar-refractivity contribution in [2.45, 2.75) is 0 Å². The number of hydrogen-bond acceptors (Lipinski definition) is 2. The second-order valence-electron chi connectivity index (χ2n) is 10.4. The Morgan fingerprint density at radius 3 is 1.70 bits per heavy atom. The molecule has 0 spiro atoms. The molecule has 0 saturated carbocycles. The highest BCUT2D eigenvalue weighted by Crippen LogP contribution is 2.50. The highest BCUT2D eigenvalue weighted by atomic mass is 32.1. The van der Waals surface area contributed by atoms with Crippen molar-refractivity contribution in [3.8, 4) is 22.3 Å². The zero-order valence-electron chi connectivity index (χ0n) is 21.5. The Morgan fingerprint density at radius 2 is 0.975 bits per heavy atom. The van der Waals surface area contributed by atoms with Gasteiger partial charge in [0.2, 0.25) is 0 Å². The first-order chi connectivity index (χ1) is 19.9. The highest BCUT2D eigenvalue weighted by Gasteiger charge is 2.21. The number of fused-ring (bicyclic) bond motifs is 8. The SMILES string of the molecule is c1ccc2c(-c3c4ccccc4c(-c4cc5ccsc5c5c4sc4ccccc45)c4ccccc34)cccc2c1. The van der Waals surface area contributed by atoms with Crippen LogP contribution in [0, 0.1) is 0 Å². The van der Waals surface area contributed by atoms with Gasteiger partial charge in [-0.2, -0.15) is 0 Å². The normalized spacial score (nSPS) is 12.0. The fourth-order valence-electron chi connectivity index (χ4n) is 6.66. The van der Waals surface area contributed by atoms with E-state index in [4.69, 9.17) is 0 Å². The molecule has 40 heavy (non-hydrogen) atoms. The monoisotopic (exact) mass is 542 g/mol. The largest absolute Gasteiger partial charge is 0.143 e. The summed E-state index contributed by atoms with van der Waals surface area (Å²) in [6, 6.07) is 47.1. The quantitative estimate of drug-likeness (QED) is 0.191. The molecule has 9 rings (SSSR count). The van der Waals surface area contributed by atoms with Crippen LogP contribution >= 0.6 is 22.7 Å². The second-order valence-corrected chi connectivity index (χ2v) is 12.4. The Hall–Kier alpha value is -4.50. The van der Waals surface area contributed by atoms with Gasteiger partial charge in [-0.25, -0.2) is 0 Å². The van der Waals surface area contributed by atoms with E-state index in [1.54, 1.807) is 0 Å². The van der Waals surface area contributed by atoms with Gasteiger partial charge in [0.15, 0.2) is 0 Å². The molecule has 0 aliphatic heterocycles. The first-order valence-electron chi connectivity index (χ1n) is 13.6. The van der Waals surface area contributed by atoms with Crippen LogP contribution in [0.5, 0.6) is 0 Å². The number of thiophene rings is 2. The average molecular weight is 543 g/mol. The van der Waals surface area contributed by atoms with Crippen LogP contribution in [0.2, 0.25) is 0 Å². The zero-order valence-corrected chi connectivity index (χ0v) is 23.2. The maximum atomic E-state index is 2.44. The predicted molar refractivity (Wildman–Crippen MR) is 178 cm³/mol. The van der Waals surface area contributed by atoms with Crippen molar-refractivity contribution < 1.29 is 0 Å². The average Bonchev–Trinajstić information content (AvgIpc) is 3.64. The second kappa shape index (κ2) is 8.50. The lowest BCUT2D eigenvalue weighted by Crippen LogP contribution is -1.91. The van der Waals surface area contributed by atoms with Crippen molar-refractivity contribution in [3.05, 3.63) is 133 Å². The molecule has 0 aliphatic carbocycles. The molecule has 186 valence electrons. The van der Waals surface area contributed by atoms with Crippen molar-refractivity contribution in [2.24, 2.45) is 0 Å². The van der Waals surface area contributed by atoms with Crippen LogP contribution in [0.3, 0.4) is 0 Å². The molecule has 0 bridgehead atoms. The molecule has 0 unspecified atom stereocenters. The summed E-state index contributed by atoms with van der Waals surface area (Å²) in [5.74, 6) is 0. The minimum atomic E-state index is 1.27. The number of hydrogen-bond donors (Lipinski definition) is 0. The van der Waals surface area contributed by atoms with Crippen LogP contribution in [0.25, 0.3) is 84.8 Å². The lowest BCUT2D eigenvalue weighted by Gasteiger charge is -2.19. The Balaban J connectivity index is 1.50. The smallest absolute Gasteiger partial charge is 0.0448 e. The minimum absolute atomic E-state index is 1.27. The molecular formula is C38H22S2. The molecular weight excluding hydrogens is 521 g/mol. The van der Waals surface area contributed by atoms with E-state index in [1.165, 1.54) is 84.8 Å². The van der Waals surface area contributed by atoms with Crippen LogP contribution in [0.1, 0.15) is 0 Å². The van der Waals surface area contributed by atoms with Gasteiger partial charge < -0.3 is 0 Å². The fraction of sp³-hybridized carbons (Fsp3) is 0.